The van der Waals surface area contributed by atoms with Crippen LogP contribution in [0, 0.1) is 0 Å². The topological polar surface area (TPSA) is 117 Å². The second-order valence-electron chi connectivity index (χ2n) is 29.1. The number of benzene rings is 17. The first kappa shape index (κ1) is 69.1. The Balaban J connectivity index is 0.000000110. The van der Waals surface area contributed by atoms with Gasteiger partial charge in [-0.3, -0.25) is 0 Å². The van der Waals surface area contributed by atoms with Gasteiger partial charge in [0.15, 0.2) is 5.82 Å². The largest absolute Gasteiger partial charge is 0.456 e. The van der Waals surface area contributed by atoms with Gasteiger partial charge in [-0.2, -0.15) is 0 Å². The van der Waals surface area contributed by atoms with E-state index in [4.69, 9.17) is 43.2 Å². The van der Waals surface area contributed by atoms with E-state index in [0.29, 0.717) is 0 Å². The van der Waals surface area contributed by atoms with Crippen molar-refractivity contribution in [3.63, 3.8) is 0 Å². The van der Waals surface area contributed by atoms with Crippen LogP contribution in [0.25, 0.3) is 222 Å². The molecule has 23 aromatic rings. The third-order valence-corrected chi connectivity index (χ3v) is 21.9. The fourth-order valence-electron chi connectivity index (χ4n) is 16.1. The maximum Gasteiger partial charge on any atom is 0.160 e. The van der Waals surface area contributed by atoms with Crippen molar-refractivity contribution in [1.82, 2.24) is 29.9 Å². The van der Waals surface area contributed by atoms with Crippen molar-refractivity contribution in [2.45, 2.75) is 0 Å². The van der Waals surface area contributed by atoms with E-state index in [1.807, 2.05) is 158 Å². The van der Waals surface area contributed by atoms with Crippen LogP contribution < -0.4 is 0 Å². The van der Waals surface area contributed by atoms with Gasteiger partial charge in [0.05, 0.1) is 56.1 Å². The maximum absolute atomic E-state index is 6.30. The summed E-state index contributed by atoms with van der Waals surface area (Å²) in [5.41, 5.74) is 31.7. The normalized spacial score (nSPS) is 11.4. The average molecular weight is 1500 g/mol. The molecule has 0 saturated carbocycles. The Kier molecular flexibility index (Phi) is 17.7. The molecule has 23 rings (SSSR count). The van der Waals surface area contributed by atoms with Gasteiger partial charge in [-0.1, -0.05) is 352 Å². The van der Waals surface area contributed by atoms with Gasteiger partial charge in [-0.15, -0.1) is 0 Å². The van der Waals surface area contributed by atoms with E-state index < -0.39 is 0 Å². The summed E-state index contributed by atoms with van der Waals surface area (Å²) in [7, 11) is 0. The third kappa shape index (κ3) is 13.2. The minimum Gasteiger partial charge on any atom is -0.456 e. The van der Waals surface area contributed by atoms with Crippen LogP contribution in [0.15, 0.2) is 426 Å². The maximum atomic E-state index is 6.30. The van der Waals surface area contributed by atoms with E-state index in [2.05, 4.69) is 255 Å². The zero-order valence-electron chi connectivity index (χ0n) is 63.2. The van der Waals surface area contributed by atoms with Crippen LogP contribution >= 0.6 is 0 Å². The Morgan fingerprint density at radius 2 is 0.496 bits per heavy atom. The molecule has 0 N–H and O–H groups in total. The SMILES string of the molecule is c1ccc(-c2nc(-c3ccccc3)c3cc(-c4ccc5oc6ccccc6c5c4)ccc3n2)cc1.c1ccc(-c2nc3ccc(-c4ccc(-c5cccc6c5oc5ccccc56)cc4)cc3nc2-c2ccccc2)cc1.c1ccc(-c2nc3cccc(-c4ccc(-c5cccc6c5oc5ccccc56)cc4)c3nc2-c2ccccc2)cc1. The number of hydrogen-bond donors (Lipinski definition) is 0. The highest BCUT2D eigenvalue weighted by Crippen LogP contribution is 2.43. The first-order chi connectivity index (χ1) is 58.0. The highest BCUT2D eigenvalue weighted by molar-refractivity contribution is 6.12. The Hall–Kier alpha value is -15.8. The summed E-state index contributed by atoms with van der Waals surface area (Å²) in [6.07, 6.45) is 0. The molecule has 0 aliphatic carbocycles. The van der Waals surface area contributed by atoms with Crippen molar-refractivity contribution >= 4 is 98.8 Å². The highest BCUT2D eigenvalue weighted by atomic mass is 16.3. The molecule has 0 radical (unpaired) electrons. The molecule has 6 heterocycles. The Morgan fingerprint density at radius 3 is 1.01 bits per heavy atom. The molecule has 0 unspecified atom stereocenters. The van der Waals surface area contributed by atoms with Crippen LogP contribution in [0.5, 0.6) is 0 Å². The van der Waals surface area contributed by atoms with Crippen molar-refractivity contribution < 1.29 is 13.3 Å². The second-order valence-corrected chi connectivity index (χ2v) is 29.1. The smallest absolute Gasteiger partial charge is 0.160 e. The number of fused-ring (bicyclic) bond motifs is 12. The third-order valence-electron chi connectivity index (χ3n) is 21.9. The van der Waals surface area contributed by atoms with Gasteiger partial charge in [-0.05, 0) is 99.6 Å². The molecule has 6 aromatic heterocycles. The molecule has 548 valence electrons. The molecule has 9 heteroatoms. The molecule has 0 atom stereocenters. The summed E-state index contributed by atoms with van der Waals surface area (Å²) in [6, 6.07) is 142. The predicted octanol–water partition coefficient (Wildman–Crippen LogP) is 28.9. The summed E-state index contributed by atoms with van der Waals surface area (Å²) in [5.74, 6) is 0.732. The molecule has 0 fully saturated rings. The molecule has 117 heavy (non-hydrogen) atoms. The van der Waals surface area contributed by atoms with Gasteiger partial charge in [0.25, 0.3) is 0 Å². The number of nitrogens with zero attached hydrogens (tertiary/aromatic N) is 6. The Bertz CT molecular complexity index is 7600. The number of para-hydroxylation sites is 6. The summed E-state index contributed by atoms with van der Waals surface area (Å²) in [4.78, 5) is 30.6. The zero-order chi connectivity index (χ0) is 77.5. The standard InChI is InChI=1S/2C38H24N2O.C32H20N2O/c1-3-11-27(12-4-1)35-36(28-13-5-2-6-14-28)40-37-29(16-10-19-33(37)39-35)25-21-23-26(24-22-25)30-17-9-18-32-31-15-7-8-20-34(31)41-38(30)32;1-3-10-27(11-4-1)36-37(28-12-5-2-6-13-28)40-34-24-29(22-23-33(34)39-36)25-18-20-26(21-19-25)30-15-9-16-32-31-14-7-8-17-35(31)41-38(30)32;1-3-9-21(10-4-1)31-27-20-23(15-17-28(27)33-32(34-31)22-11-5-2-6-12-22)24-16-18-30-26(19-24)25-13-7-8-14-29(25)35-30/h2*1-24H;1-20H. The first-order valence-corrected chi connectivity index (χ1v) is 39.2. The highest BCUT2D eigenvalue weighted by Gasteiger charge is 2.21. The lowest BCUT2D eigenvalue weighted by Gasteiger charge is -2.13. The van der Waals surface area contributed by atoms with Gasteiger partial charge in [-0.25, -0.2) is 29.9 Å². The quantitative estimate of drug-likeness (QED) is 0.125. The lowest BCUT2D eigenvalue weighted by molar-refractivity contribution is 0.669. The summed E-state index contributed by atoms with van der Waals surface area (Å²) < 4.78 is 18.6. The van der Waals surface area contributed by atoms with Crippen molar-refractivity contribution in [3.05, 3.63) is 413 Å². The van der Waals surface area contributed by atoms with E-state index in [0.717, 1.165) is 222 Å². The number of rotatable bonds is 11. The molecule has 0 spiro atoms. The van der Waals surface area contributed by atoms with Crippen LogP contribution in [-0.4, -0.2) is 29.9 Å². The molecule has 17 aromatic carbocycles. The minimum atomic E-state index is 0.732. The van der Waals surface area contributed by atoms with Gasteiger partial charge >= 0.3 is 0 Å². The van der Waals surface area contributed by atoms with E-state index in [9.17, 15) is 0 Å². The summed E-state index contributed by atoms with van der Waals surface area (Å²) in [5, 5.41) is 7.84. The molecule has 0 bridgehead atoms. The fraction of sp³-hybridized carbons (Fsp3) is 0. The summed E-state index contributed by atoms with van der Waals surface area (Å²) >= 11 is 0. The lowest BCUT2D eigenvalue weighted by Crippen LogP contribution is -1.97. The van der Waals surface area contributed by atoms with E-state index in [-0.39, 0.29) is 0 Å². The van der Waals surface area contributed by atoms with Crippen molar-refractivity contribution in [1.29, 1.82) is 0 Å². The molecular formula is C108H68N6O3. The Labute approximate surface area is 673 Å². The van der Waals surface area contributed by atoms with Gasteiger partial charge in [0.1, 0.15) is 33.5 Å². The zero-order valence-corrected chi connectivity index (χ0v) is 63.2. The number of aromatic nitrogens is 6. The van der Waals surface area contributed by atoms with Crippen molar-refractivity contribution in [2.75, 3.05) is 0 Å². The van der Waals surface area contributed by atoms with Crippen LogP contribution in [0.3, 0.4) is 0 Å². The van der Waals surface area contributed by atoms with E-state index in [1.54, 1.807) is 0 Å². The molecule has 0 saturated heterocycles. The fourth-order valence-corrected chi connectivity index (χ4v) is 16.1. The van der Waals surface area contributed by atoms with Gasteiger partial charge in [0, 0.05) is 87.8 Å². The van der Waals surface area contributed by atoms with Crippen molar-refractivity contribution in [2.24, 2.45) is 0 Å². The van der Waals surface area contributed by atoms with Crippen LogP contribution in [0.2, 0.25) is 0 Å². The van der Waals surface area contributed by atoms with Crippen LogP contribution in [0.4, 0.5) is 0 Å². The minimum absolute atomic E-state index is 0.732. The predicted molar refractivity (Wildman–Crippen MR) is 480 cm³/mol. The molecule has 0 aliphatic rings. The molecule has 0 amide bonds. The monoisotopic (exact) mass is 1500 g/mol. The summed E-state index contributed by atoms with van der Waals surface area (Å²) in [6.45, 7) is 0. The average Bonchev–Trinajstić information content (AvgIpc) is 1.74. The second kappa shape index (κ2) is 30.0. The van der Waals surface area contributed by atoms with Crippen molar-refractivity contribution in [3.8, 4) is 123 Å². The molecule has 0 aliphatic heterocycles. The molecule has 9 nitrogen and oxygen atoms in total. The number of hydrogen-bond acceptors (Lipinski definition) is 9. The lowest BCUT2D eigenvalue weighted by atomic mass is 9.97. The van der Waals surface area contributed by atoms with E-state index in [1.165, 1.54) is 0 Å². The molecular weight excluding hydrogens is 1430 g/mol. The van der Waals surface area contributed by atoms with Gasteiger partial charge < -0.3 is 13.3 Å². The number of furan rings is 3. The first-order valence-electron chi connectivity index (χ1n) is 39.2. The van der Waals surface area contributed by atoms with Gasteiger partial charge in [0.2, 0.25) is 0 Å². The van der Waals surface area contributed by atoms with E-state index >= 15 is 0 Å². The van der Waals surface area contributed by atoms with Crippen LogP contribution in [-0.2, 0) is 0 Å². The Morgan fingerprint density at radius 1 is 0.154 bits per heavy atom. The van der Waals surface area contributed by atoms with Crippen LogP contribution in [0.1, 0.15) is 0 Å².